The Morgan fingerprint density at radius 1 is 0.944 bits per heavy atom. The minimum Gasteiger partial charge on any atom is -0.485 e. The van der Waals surface area contributed by atoms with Gasteiger partial charge in [0.2, 0.25) is 10.0 Å². The smallest absolute Gasteiger partial charge is 0.243 e. The number of benzene rings is 3. The van der Waals surface area contributed by atoms with Crippen molar-refractivity contribution in [2.75, 3.05) is 31.6 Å². The Hall–Kier alpha value is -3.31. The van der Waals surface area contributed by atoms with Crippen molar-refractivity contribution in [1.29, 1.82) is 0 Å². The normalized spacial score (nSPS) is 19.2. The number of fused-ring (bicyclic) bond motifs is 1. The molecule has 2 N–H and O–H groups in total. The van der Waals surface area contributed by atoms with Gasteiger partial charge in [-0.25, -0.2) is 8.42 Å². The zero-order valence-electron chi connectivity index (χ0n) is 19.5. The molecule has 0 aliphatic carbocycles. The number of hydrazone groups is 1. The van der Waals surface area contributed by atoms with Crippen molar-refractivity contribution in [3.8, 4) is 5.75 Å². The fourth-order valence-corrected chi connectivity index (χ4v) is 5.74. The van der Waals surface area contributed by atoms with Gasteiger partial charge in [-0.1, -0.05) is 42.5 Å². The maximum Gasteiger partial charge on any atom is 0.243 e. The van der Waals surface area contributed by atoms with Gasteiger partial charge in [0, 0.05) is 30.8 Å². The van der Waals surface area contributed by atoms with Gasteiger partial charge >= 0.3 is 0 Å². The molecule has 3 aromatic carbocycles. The van der Waals surface area contributed by atoms with E-state index in [1.807, 2.05) is 54.6 Å². The highest BCUT2D eigenvalue weighted by atomic mass is 32.2. The first-order valence-corrected chi connectivity index (χ1v) is 13.5. The maximum absolute atomic E-state index is 12.8. The Kier molecular flexibility index (Phi) is 7.28. The summed E-state index contributed by atoms with van der Waals surface area (Å²) in [4.78, 5) is 0.236. The molecule has 3 aromatic rings. The lowest BCUT2D eigenvalue weighted by molar-refractivity contribution is 0.0730. The van der Waals surface area contributed by atoms with Crippen LogP contribution in [0.3, 0.4) is 0 Å². The van der Waals surface area contributed by atoms with Crippen LogP contribution >= 0.6 is 12.2 Å². The quantitative estimate of drug-likeness (QED) is 0.388. The number of nitrogens with zero attached hydrogens (tertiary/aromatic N) is 2. The van der Waals surface area contributed by atoms with Gasteiger partial charge in [-0.2, -0.15) is 9.41 Å². The van der Waals surface area contributed by atoms with Crippen LogP contribution in [0.15, 0.2) is 88.9 Å². The summed E-state index contributed by atoms with van der Waals surface area (Å²) in [5, 5.41) is 7.94. The maximum atomic E-state index is 12.8. The molecule has 2 aliphatic heterocycles. The minimum atomic E-state index is -3.55. The molecule has 0 bridgehead atoms. The molecule has 2 heterocycles. The molecule has 36 heavy (non-hydrogen) atoms. The second-order valence-electron chi connectivity index (χ2n) is 8.38. The SMILES string of the molecule is O=S(=O)(c1ccc(NC(=S)N/N=C2\CC(c3ccccc3)Oc3ccccc32)cc1)N1CCOCC1. The van der Waals surface area contributed by atoms with E-state index in [9.17, 15) is 8.42 Å². The number of morpholine rings is 1. The van der Waals surface area contributed by atoms with E-state index in [0.29, 0.717) is 43.5 Å². The summed E-state index contributed by atoms with van der Waals surface area (Å²) in [7, 11) is -3.55. The van der Waals surface area contributed by atoms with Crippen molar-refractivity contribution >= 4 is 38.8 Å². The number of nitrogens with one attached hydrogen (secondary N) is 2. The number of rotatable bonds is 5. The van der Waals surface area contributed by atoms with E-state index in [1.54, 1.807) is 24.3 Å². The fourth-order valence-electron chi connectivity index (χ4n) is 4.17. The Morgan fingerprint density at radius 2 is 1.64 bits per heavy atom. The summed E-state index contributed by atoms with van der Waals surface area (Å²) < 4.78 is 38.5. The fraction of sp³-hybridized carbons (Fsp3) is 0.231. The van der Waals surface area contributed by atoms with Crippen LogP contribution in [0.2, 0.25) is 0 Å². The second-order valence-corrected chi connectivity index (χ2v) is 10.7. The highest BCUT2D eigenvalue weighted by Crippen LogP contribution is 2.35. The molecule has 0 spiro atoms. The second kappa shape index (κ2) is 10.8. The number of anilines is 1. The number of thiocarbonyl (C=S) groups is 1. The van der Waals surface area contributed by atoms with Gasteiger partial charge in [-0.05, 0) is 54.2 Å². The lowest BCUT2D eigenvalue weighted by Gasteiger charge is -2.27. The highest BCUT2D eigenvalue weighted by molar-refractivity contribution is 7.89. The molecule has 1 unspecified atom stereocenters. The van der Waals surface area contributed by atoms with E-state index in [2.05, 4.69) is 15.8 Å². The number of hydrogen-bond acceptors (Lipinski definition) is 6. The monoisotopic (exact) mass is 522 g/mol. The van der Waals surface area contributed by atoms with E-state index in [0.717, 1.165) is 22.6 Å². The molecular weight excluding hydrogens is 496 g/mol. The van der Waals surface area contributed by atoms with Crippen molar-refractivity contribution < 1.29 is 17.9 Å². The summed E-state index contributed by atoms with van der Waals surface area (Å²) in [6, 6.07) is 24.3. The van der Waals surface area contributed by atoms with Gasteiger partial charge in [-0.3, -0.25) is 5.43 Å². The molecule has 1 saturated heterocycles. The number of sulfonamides is 1. The number of para-hydroxylation sites is 1. The van der Waals surface area contributed by atoms with Gasteiger partial charge < -0.3 is 14.8 Å². The van der Waals surface area contributed by atoms with Crippen molar-refractivity contribution in [3.63, 3.8) is 0 Å². The average Bonchev–Trinajstić information content (AvgIpc) is 2.93. The van der Waals surface area contributed by atoms with Crippen LogP contribution in [-0.2, 0) is 14.8 Å². The van der Waals surface area contributed by atoms with Crippen LogP contribution in [0.25, 0.3) is 0 Å². The molecule has 0 radical (unpaired) electrons. The number of ether oxygens (including phenoxy) is 2. The average molecular weight is 523 g/mol. The van der Waals surface area contributed by atoms with Crippen molar-refractivity contribution in [1.82, 2.24) is 9.73 Å². The Bertz CT molecular complexity index is 1360. The zero-order chi connectivity index (χ0) is 25.0. The molecule has 1 fully saturated rings. The lowest BCUT2D eigenvalue weighted by Crippen LogP contribution is -2.40. The van der Waals surface area contributed by atoms with Gasteiger partial charge in [-0.15, -0.1) is 0 Å². The standard InChI is InChI=1S/C26H26N4O4S2/c31-36(32,30-14-16-33-17-15-30)21-12-10-20(11-13-21)27-26(35)29-28-23-18-25(19-6-2-1-3-7-19)34-24-9-5-4-8-22(23)24/h1-13,25H,14-18H2,(H2,27,29,35)/b28-23+. The van der Waals surface area contributed by atoms with E-state index in [1.165, 1.54) is 4.31 Å². The Balaban J connectivity index is 1.26. The van der Waals surface area contributed by atoms with Gasteiger partial charge in [0.15, 0.2) is 5.11 Å². The summed E-state index contributed by atoms with van der Waals surface area (Å²) in [5.74, 6) is 0.772. The van der Waals surface area contributed by atoms with E-state index in [4.69, 9.17) is 21.7 Å². The van der Waals surface area contributed by atoms with Gasteiger partial charge in [0.05, 0.1) is 23.8 Å². The molecule has 8 nitrogen and oxygen atoms in total. The molecule has 1 atom stereocenters. The molecular formula is C26H26N4O4S2. The predicted molar refractivity (Wildman–Crippen MR) is 143 cm³/mol. The van der Waals surface area contributed by atoms with Crippen LogP contribution < -0.4 is 15.5 Å². The van der Waals surface area contributed by atoms with Crippen molar-refractivity contribution in [2.45, 2.75) is 17.4 Å². The summed E-state index contributed by atoms with van der Waals surface area (Å²) in [6.07, 6.45) is 0.439. The lowest BCUT2D eigenvalue weighted by atomic mass is 9.96. The Morgan fingerprint density at radius 3 is 2.39 bits per heavy atom. The van der Waals surface area contributed by atoms with Crippen LogP contribution in [0.4, 0.5) is 5.69 Å². The summed E-state index contributed by atoms with van der Waals surface area (Å²) >= 11 is 5.43. The zero-order valence-corrected chi connectivity index (χ0v) is 21.1. The first-order valence-electron chi connectivity index (χ1n) is 11.6. The Labute approximate surface area is 216 Å². The topological polar surface area (TPSA) is 92.3 Å². The van der Waals surface area contributed by atoms with Crippen LogP contribution in [0.1, 0.15) is 23.7 Å². The molecule has 0 aromatic heterocycles. The molecule has 5 rings (SSSR count). The third kappa shape index (κ3) is 5.41. The number of hydrogen-bond donors (Lipinski definition) is 2. The first-order chi connectivity index (χ1) is 17.5. The largest absolute Gasteiger partial charge is 0.485 e. The third-order valence-electron chi connectivity index (χ3n) is 6.03. The molecule has 0 amide bonds. The van der Waals surface area contributed by atoms with Crippen LogP contribution in [-0.4, -0.2) is 49.9 Å². The molecule has 10 heteroatoms. The first kappa shape index (κ1) is 24.4. The molecule has 0 saturated carbocycles. The third-order valence-corrected chi connectivity index (χ3v) is 8.14. The van der Waals surface area contributed by atoms with Crippen LogP contribution in [0, 0.1) is 0 Å². The van der Waals surface area contributed by atoms with Crippen molar-refractivity contribution in [2.24, 2.45) is 5.10 Å². The molecule has 2 aliphatic rings. The van der Waals surface area contributed by atoms with E-state index in [-0.39, 0.29) is 11.0 Å². The van der Waals surface area contributed by atoms with Gasteiger partial charge in [0.1, 0.15) is 11.9 Å². The van der Waals surface area contributed by atoms with Gasteiger partial charge in [0.25, 0.3) is 0 Å². The van der Waals surface area contributed by atoms with E-state index >= 15 is 0 Å². The highest BCUT2D eigenvalue weighted by Gasteiger charge is 2.27. The summed E-state index contributed by atoms with van der Waals surface area (Å²) in [5.41, 5.74) is 6.40. The van der Waals surface area contributed by atoms with Crippen LogP contribution in [0.5, 0.6) is 5.75 Å². The van der Waals surface area contributed by atoms with E-state index < -0.39 is 10.0 Å². The summed E-state index contributed by atoms with van der Waals surface area (Å²) in [6.45, 7) is 1.53. The minimum absolute atomic E-state index is 0.149. The van der Waals surface area contributed by atoms with Crippen molar-refractivity contribution in [3.05, 3.63) is 90.0 Å². The molecule has 186 valence electrons. The predicted octanol–water partition coefficient (Wildman–Crippen LogP) is 3.92.